The van der Waals surface area contributed by atoms with Crippen molar-refractivity contribution in [2.75, 3.05) is 6.54 Å². The highest BCUT2D eigenvalue weighted by atomic mass is 32.1. The molecule has 154 valence electrons. The van der Waals surface area contributed by atoms with Gasteiger partial charge in [-0.2, -0.15) is 0 Å². The van der Waals surface area contributed by atoms with Gasteiger partial charge < -0.3 is 14.5 Å². The van der Waals surface area contributed by atoms with Crippen LogP contribution in [0.25, 0.3) is 10.8 Å². The molecule has 2 fully saturated rings. The number of esters is 1. The lowest BCUT2D eigenvalue weighted by molar-refractivity contribution is -0.153. The molecular formula is C19H22N4O5S. The fourth-order valence-electron chi connectivity index (χ4n) is 3.95. The average Bonchev–Trinajstić information content (AvgIpc) is 3.42. The van der Waals surface area contributed by atoms with E-state index in [1.165, 1.54) is 11.3 Å². The lowest BCUT2D eigenvalue weighted by atomic mass is 9.73. The molecule has 10 heteroatoms. The van der Waals surface area contributed by atoms with Gasteiger partial charge in [0.1, 0.15) is 12.1 Å². The summed E-state index contributed by atoms with van der Waals surface area (Å²) >= 11 is 1.45. The van der Waals surface area contributed by atoms with Crippen LogP contribution in [-0.4, -0.2) is 45.1 Å². The summed E-state index contributed by atoms with van der Waals surface area (Å²) in [5, 5.41) is 12.6. The van der Waals surface area contributed by atoms with E-state index in [2.05, 4.69) is 15.5 Å². The molecule has 2 aliphatic rings. The van der Waals surface area contributed by atoms with Gasteiger partial charge in [-0.05, 0) is 37.1 Å². The smallest absolute Gasteiger partial charge is 0.327 e. The summed E-state index contributed by atoms with van der Waals surface area (Å²) in [4.78, 5) is 39.4. The van der Waals surface area contributed by atoms with Gasteiger partial charge in [0.05, 0.1) is 4.88 Å². The highest BCUT2D eigenvalue weighted by molar-refractivity contribution is 7.13. The minimum absolute atomic E-state index is 0.0294. The van der Waals surface area contributed by atoms with Crippen molar-refractivity contribution in [3.63, 3.8) is 0 Å². The third-order valence-electron chi connectivity index (χ3n) is 5.62. The molecule has 29 heavy (non-hydrogen) atoms. The zero-order chi connectivity index (χ0) is 20.6. The van der Waals surface area contributed by atoms with Crippen molar-refractivity contribution >= 4 is 29.2 Å². The van der Waals surface area contributed by atoms with Gasteiger partial charge in [-0.25, -0.2) is 4.79 Å². The van der Waals surface area contributed by atoms with E-state index in [1.807, 2.05) is 24.4 Å². The van der Waals surface area contributed by atoms with Gasteiger partial charge in [-0.15, -0.1) is 21.5 Å². The van der Waals surface area contributed by atoms with Crippen molar-refractivity contribution in [2.45, 2.75) is 51.2 Å². The molecule has 0 aromatic carbocycles. The molecular weight excluding hydrogens is 396 g/mol. The van der Waals surface area contributed by atoms with Crippen LogP contribution in [0.1, 0.15) is 51.5 Å². The number of imide groups is 1. The Bertz CT molecular complexity index is 927. The maximum Gasteiger partial charge on any atom is 0.327 e. The van der Waals surface area contributed by atoms with E-state index in [0.717, 1.165) is 29.0 Å². The number of urea groups is 1. The minimum atomic E-state index is -0.899. The normalized spacial score (nSPS) is 25.3. The number of ether oxygens (including phenoxy) is 1. The summed E-state index contributed by atoms with van der Waals surface area (Å²) in [5.74, 6) is -0.535. The van der Waals surface area contributed by atoms with Gasteiger partial charge in [0.25, 0.3) is 17.7 Å². The van der Waals surface area contributed by atoms with Crippen molar-refractivity contribution in [1.29, 1.82) is 0 Å². The van der Waals surface area contributed by atoms with E-state index < -0.39 is 30.2 Å². The number of aromatic nitrogens is 2. The number of carbonyl (C=O) groups excluding carboxylic acids is 3. The summed E-state index contributed by atoms with van der Waals surface area (Å²) in [6.07, 6.45) is 2.56. The van der Waals surface area contributed by atoms with Gasteiger partial charge in [-0.3, -0.25) is 14.5 Å². The SMILES string of the molecule is C[C@H](OC(=O)CN1C(=O)N[C@]2(CCCC[C@@H]2C)C1=O)c1nnc(-c2cccs2)o1. The second-order valence-corrected chi connectivity index (χ2v) is 8.44. The summed E-state index contributed by atoms with van der Waals surface area (Å²) in [5.41, 5.74) is -0.899. The van der Waals surface area contributed by atoms with Crippen molar-refractivity contribution < 1.29 is 23.5 Å². The fraction of sp³-hybridized carbons (Fsp3) is 0.526. The Hall–Kier alpha value is -2.75. The number of carbonyl (C=O) groups is 3. The molecule has 0 bridgehead atoms. The summed E-state index contributed by atoms with van der Waals surface area (Å²) in [7, 11) is 0. The van der Waals surface area contributed by atoms with Gasteiger partial charge in [0, 0.05) is 0 Å². The molecule has 4 rings (SSSR count). The van der Waals surface area contributed by atoms with E-state index in [9.17, 15) is 14.4 Å². The molecule has 0 radical (unpaired) electrons. The maximum absolute atomic E-state index is 12.9. The molecule has 0 unspecified atom stereocenters. The second kappa shape index (κ2) is 7.58. The van der Waals surface area contributed by atoms with E-state index in [-0.39, 0.29) is 17.7 Å². The molecule has 1 spiro atoms. The third kappa shape index (κ3) is 3.52. The first-order chi connectivity index (χ1) is 13.9. The fourth-order valence-corrected chi connectivity index (χ4v) is 4.60. The van der Waals surface area contributed by atoms with Crippen LogP contribution in [-0.2, 0) is 14.3 Å². The van der Waals surface area contributed by atoms with Crippen LogP contribution in [0.3, 0.4) is 0 Å². The van der Waals surface area contributed by atoms with Gasteiger partial charge >= 0.3 is 12.0 Å². The van der Waals surface area contributed by atoms with Crippen LogP contribution >= 0.6 is 11.3 Å². The number of amides is 3. The molecule has 9 nitrogen and oxygen atoms in total. The van der Waals surface area contributed by atoms with E-state index >= 15 is 0 Å². The number of rotatable bonds is 5. The number of nitrogens with zero attached hydrogens (tertiary/aromatic N) is 3. The lowest BCUT2D eigenvalue weighted by Crippen LogP contribution is -2.54. The maximum atomic E-state index is 12.9. The van der Waals surface area contributed by atoms with Gasteiger partial charge in [-0.1, -0.05) is 25.8 Å². The Morgan fingerprint density at radius 3 is 3.00 bits per heavy atom. The standard InChI is InChI=1S/C19H22N4O5S/c1-11-6-3-4-8-19(11)17(25)23(18(26)20-19)10-14(24)27-12(2)15-21-22-16(28-15)13-7-5-9-29-13/h5,7,9,11-12H,3-4,6,8,10H2,1-2H3,(H,20,26)/t11-,12-,19-/m0/s1. The molecule has 1 aliphatic heterocycles. The number of thiophene rings is 1. The van der Waals surface area contributed by atoms with Gasteiger partial charge in [0.2, 0.25) is 0 Å². The third-order valence-corrected chi connectivity index (χ3v) is 6.48. The Labute approximate surface area is 171 Å². The highest BCUT2D eigenvalue weighted by Gasteiger charge is 2.55. The van der Waals surface area contributed by atoms with Crippen molar-refractivity contribution in [3.05, 3.63) is 23.4 Å². The van der Waals surface area contributed by atoms with Crippen LogP contribution in [0.15, 0.2) is 21.9 Å². The molecule has 2 aromatic heterocycles. The largest absolute Gasteiger partial charge is 0.451 e. The van der Waals surface area contributed by atoms with Crippen LogP contribution in [0, 0.1) is 5.92 Å². The predicted octanol–water partition coefficient (Wildman–Crippen LogP) is 2.90. The highest BCUT2D eigenvalue weighted by Crippen LogP contribution is 2.38. The van der Waals surface area contributed by atoms with Crippen molar-refractivity contribution in [1.82, 2.24) is 20.4 Å². The zero-order valence-electron chi connectivity index (χ0n) is 16.2. The van der Waals surface area contributed by atoms with E-state index in [4.69, 9.17) is 9.15 Å². The van der Waals surface area contributed by atoms with Crippen molar-refractivity contribution in [2.24, 2.45) is 5.92 Å². The molecule has 3 amide bonds. The molecule has 3 heterocycles. The lowest BCUT2D eigenvalue weighted by Gasteiger charge is -2.36. The first kappa shape index (κ1) is 19.6. The Morgan fingerprint density at radius 1 is 1.45 bits per heavy atom. The van der Waals surface area contributed by atoms with Crippen molar-refractivity contribution in [3.8, 4) is 10.8 Å². The van der Waals surface area contributed by atoms with Crippen LogP contribution in [0.5, 0.6) is 0 Å². The molecule has 1 saturated heterocycles. The molecule has 1 saturated carbocycles. The molecule has 2 aromatic rings. The van der Waals surface area contributed by atoms with E-state index in [1.54, 1.807) is 6.92 Å². The minimum Gasteiger partial charge on any atom is -0.451 e. The first-order valence-corrected chi connectivity index (χ1v) is 10.5. The molecule has 3 atom stereocenters. The van der Waals surface area contributed by atoms with Crippen LogP contribution in [0.2, 0.25) is 0 Å². The number of hydrogen-bond acceptors (Lipinski definition) is 8. The first-order valence-electron chi connectivity index (χ1n) is 9.61. The molecule has 1 aliphatic carbocycles. The summed E-state index contributed by atoms with van der Waals surface area (Å²) in [6.45, 7) is 3.11. The van der Waals surface area contributed by atoms with Gasteiger partial charge in [0.15, 0.2) is 6.10 Å². The van der Waals surface area contributed by atoms with Crippen LogP contribution < -0.4 is 5.32 Å². The predicted molar refractivity (Wildman–Crippen MR) is 103 cm³/mol. The Morgan fingerprint density at radius 2 is 2.28 bits per heavy atom. The molecule has 1 N–H and O–H groups in total. The monoisotopic (exact) mass is 418 g/mol. The number of hydrogen-bond donors (Lipinski definition) is 1. The van der Waals surface area contributed by atoms with E-state index in [0.29, 0.717) is 12.3 Å². The van der Waals surface area contributed by atoms with Crippen LogP contribution in [0.4, 0.5) is 4.79 Å². The average molecular weight is 418 g/mol. The second-order valence-electron chi connectivity index (χ2n) is 7.49. The zero-order valence-corrected chi connectivity index (χ0v) is 17.0. The summed E-state index contributed by atoms with van der Waals surface area (Å²) < 4.78 is 10.9. The number of nitrogens with one attached hydrogen (secondary N) is 1. The Kier molecular flexibility index (Phi) is 5.12. The Balaban J connectivity index is 1.39. The summed E-state index contributed by atoms with van der Waals surface area (Å²) in [6, 6.07) is 3.16. The topological polar surface area (TPSA) is 115 Å². The quantitative estimate of drug-likeness (QED) is 0.586.